The lowest BCUT2D eigenvalue weighted by atomic mass is 10.0. The van der Waals surface area contributed by atoms with Crippen LogP contribution in [0.4, 0.5) is 0 Å². The van der Waals surface area contributed by atoms with Crippen molar-refractivity contribution in [2.24, 2.45) is 17.4 Å². The van der Waals surface area contributed by atoms with Crippen LogP contribution in [-0.4, -0.2) is 131 Å². The molecule has 1 heterocycles. The van der Waals surface area contributed by atoms with Gasteiger partial charge in [0, 0.05) is 6.54 Å². The zero-order valence-electron chi connectivity index (χ0n) is 32.3. The fourth-order valence-electron chi connectivity index (χ4n) is 5.07. The Morgan fingerprint density at radius 2 is 1.00 bits per heavy atom. The highest BCUT2D eigenvalue weighted by Crippen LogP contribution is 2.19. The van der Waals surface area contributed by atoms with Crippen molar-refractivity contribution in [3.05, 3.63) is 0 Å². The zero-order chi connectivity index (χ0) is 41.6. The lowest BCUT2D eigenvalue weighted by Crippen LogP contribution is -2.58. The van der Waals surface area contributed by atoms with Gasteiger partial charge in [0.05, 0.1) is 12.6 Å². The Labute approximate surface area is 314 Å². The van der Waals surface area contributed by atoms with E-state index in [0.29, 0.717) is 12.8 Å². The normalized spacial score (nSPS) is 18.2. The summed E-state index contributed by atoms with van der Waals surface area (Å²) in [5.41, 5.74) is 10.8. The highest BCUT2D eigenvalue weighted by molar-refractivity contribution is 5.97. The highest BCUT2D eigenvalue weighted by Gasteiger charge is 2.37. The van der Waals surface area contributed by atoms with Gasteiger partial charge >= 0.3 is 0 Å². The van der Waals surface area contributed by atoms with Gasteiger partial charge in [-0.05, 0) is 67.2 Å². The van der Waals surface area contributed by atoms with Crippen LogP contribution in [0.2, 0.25) is 0 Å². The standard InChI is InChI=1S/C33H57N11O10/c1-14(2)24(25(35)46)43-31(52)17(5)37-23(45)13-36-27(48)16(4)38-28(49)18(6)39-29(50)19(7)40-30(51)20(8)41-32(53)22-11-10-12-44(22)33(54)21(9)42-26(47)15(3)34/h14-22,24H,10-13,34H2,1-9H3,(H2,35,46)(H,36,48)(H,37,45)(H,38,49)(H,39,50)(H,40,51)(H,41,53)(H,42,47)(H,43,52)/t15-,16-,17-,18-,19-,20-,21-,22-,24-/m0/s1. The van der Waals surface area contributed by atoms with Crippen molar-refractivity contribution >= 4 is 59.1 Å². The molecule has 1 aliphatic rings. The van der Waals surface area contributed by atoms with E-state index in [1.54, 1.807) is 13.8 Å². The molecule has 0 radical (unpaired) electrons. The van der Waals surface area contributed by atoms with Gasteiger partial charge in [-0.25, -0.2) is 0 Å². The summed E-state index contributed by atoms with van der Waals surface area (Å²) in [5, 5.41) is 19.4. The zero-order valence-corrected chi connectivity index (χ0v) is 32.3. The Morgan fingerprint density at radius 3 is 1.46 bits per heavy atom. The third kappa shape index (κ3) is 14.6. The van der Waals surface area contributed by atoms with Crippen molar-refractivity contribution in [1.82, 2.24) is 47.4 Å². The summed E-state index contributed by atoms with van der Waals surface area (Å²) in [5.74, 6) is -6.93. The Morgan fingerprint density at radius 1 is 0.574 bits per heavy atom. The van der Waals surface area contributed by atoms with Crippen LogP contribution < -0.4 is 54.0 Å². The first-order valence-electron chi connectivity index (χ1n) is 17.7. The lowest BCUT2D eigenvalue weighted by molar-refractivity contribution is -0.141. The monoisotopic (exact) mass is 767 g/mol. The maximum absolute atomic E-state index is 13.0. The fourth-order valence-corrected chi connectivity index (χ4v) is 5.07. The molecule has 0 aromatic rings. The summed E-state index contributed by atoms with van der Waals surface area (Å²) in [6.45, 7) is 12.9. The van der Waals surface area contributed by atoms with Crippen molar-refractivity contribution in [3.8, 4) is 0 Å². The van der Waals surface area contributed by atoms with Gasteiger partial charge in [-0.2, -0.15) is 0 Å². The summed E-state index contributed by atoms with van der Waals surface area (Å²) >= 11 is 0. The number of likely N-dealkylation sites (tertiary alicyclic amines) is 1. The third-order valence-electron chi connectivity index (χ3n) is 8.45. The highest BCUT2D eigenvalue weighted by atomic mass is 16.2. The van der Waals surface area contributed by atoms with Crippen molar-refractivity contribution < 1.29 is 47.9 Å². The van der Waals surface area contributed by atoms with E-state index in [9.17, 15) is 47.9 Å². The second-order valence-corrected chi connectivity index (χ2v) is 13.8. The Kier molecular flexibility index (Phi) is 18.5. The molecule has 0 saturated carbocycles. The van der Waals surface area contributed by atoms with E-state index < -0.39 is 120 Å². The van der Waals surface area contributed by atoms with Crippen LogP contribution >= 0.6 is 0 Å². The van der Waals surface area contributed by atoms with Crippen LogP contribution in [0.3, 0.4) is 0 Å². The molecule has 0 aliphatic carbocycles. The first kappa shape index (κ1) is 46.7. The summed E-state index contributed by atoms with van der Waals surface area (Å²) in [6.07, 6.45) is 0.872. The van der Waals surface area contributed by atoms with Crippen LogP contribution in [0.15, 0.2) is 0 Å². The molecule has 1 aliphatic heterocycles. The predicted octanol–water partition coefficient (Wildman–Crippen LogP) is -4.90. The minimum atomic E-state index is -1.16. The van der Waals surface area contributed by atoms with E-state index in [2.05, 4.69) is 42.5 Å². The number of primary amides is 1. The first-order valence-corrected chi connectivity index (χ1v) is 17.7. The van der Waals surface area contributed by atoms with E-state index in [1.807, 2.05) is 0 Å². The minimum Gasteiger partial charge on any atom is -0.368 e. The number of amides is 10. The molecule has 0 spiro atoms. The maximum Gasteiger partial charge on any atom is 0.245 e. The van der Waals surface area contributed by atoms with Gasteiger partial charge in [-0.3, -0.25) is 47.9 Å². The van der Waals surface area contributed by atoms with E-state index >= 15 is 0 Å². The number of hydrogen-bond donors (Lipinski definition) is 10. The van der Waals surface area contributed by atoms with Crippen molar-refractivity contribution in [2.75, 3.05) is 13.1 Å². The summed E-state index contributed by atoms with van der Waals surface area (Å²) in [7, 11) is 0. The van der Waals surface area contributed by atoms with Crippen molar-refractivity contribution in [2.45, 2.75) is 130 Å². The topological polar surface area (TPSA) is 322 Å². The molecule has 9 atom stereocenters. The van der Waals surface area contributed by atoms with Gasteiger partial charge in [-0.1, -0.05) is 13.8 Å². The Bertz CT molecular complexity index is 1440. The molecule has 304 valence electrons. The first-order chi connectivity index (χ1) is 25.0. The maximum atomic E-state index is 13.0. The minimum absolute atomic E-state index is 0.279. The molecule has 0 bridgehead atoms. The second-order valence-electron chi connectivity index (χ2n) is 13.8. The van der Waals surface area contributed by atoms with E-state index in [-0.39, 0.29) is 12.5 Å². The molecule has 0 aromatic heterocycles. The van der Waals surface area contributed by atoms with Crippen LogP contribution in [-0.2, 0) is 47.9 Å². The van der Waals surface area contributed by atoms with Gasteiger partial charge in [0.2, 0.25) is 59.1 Å². The van der Waals surface area contributed by atoms with Crippen LogP contribution in [0.1, 0.15) is 75.2 Å². The molecule has 10 amide bonds. The predicted molar refractivity (Wildman–Crippen MR) is 193 cm³/mol. The number of hydrogen-bond acceptors (Lipinski definition) is 11. The van der Waals surface area contributed by atoms with E-state index in [4.69, 9.17) is 11.5 Å². The molecule has 1 rings (SSSR count). The molecule has 1 fully saturated rings. The molecular weight excluding hydrogens is 710 g/mol. The largest absolute Gasteiger partial charge is 0.368 e. The molecule has 0 unspecified atom stereocenters. The quantitative estimate of drug-likeness (QED) is 0.0594. The SMILES string of the molecule is CC(C)[C@H](NC(=O)[C@H](C)NC(=O)CNC(=O)[C@H](C)NC(=O)[C@H](C)NC(=O)[C@H](C)NC(=O)[C@H](C)NC(=O)[C@@H]1CCCN1C(=O)[C@H](C)NC(=O)[C@H](C)N)C(N)=O. The van der Waals surface area contributed by atoms with Crippen LogP contribution in [0.5, 0.6) is 0 Å². The lowest BCUT2D eigenvalue weighted by Gasteiger charge is -2.28. The number of nitrogens with one attached hydrogen (secondary N) is 8. The van der Waals surface area contributed by atoms with Gasteiger partial charge < -0.3 is 58.9 Å². The molecule has 54 heavy (non-hydrogen) atoms. The fraction of sp³-hybridized carbons (Fsp3) is 0.697. The number of carbonyl (C=O) groups excluding carboxylic acids is 10. The molecule has 12 N–H and O–H groups in total. The molecule has 21 nitrogen and oxygen atoms in total. The number of rotatable bonds is 19. The van der Waals surface area contributed by atoms with Crippen molar-refractivity contribution in [3.63, 3.8) is 0 Å². The molecular formula is C33H57N11O10. The van der Waals surface area contributed by atoms with Gasteiger partial charge in [0.1, 0.15) is 48.3 Å². The van der Waals surface area contributed by atoms with E-state index in [0.717, 1.165) is 0 Å². The second kappa shape index (κ2) is 21.4. The average Bonchev–Trinajstić information content (AvgIpc) is 3.58. The molecule has 21 heteroatoms. The average molecular weight is 768 g/mol. The number of nitrogens with two attached hydrogens (primary N) is 2. The van der Waals surface area contributed by atoms with Crippen LogP contribution in [0.25, 0.3) is 0 Å². The van der Waals surface area contributed by atoms with Crippen LogP contribution in [0, 0.1) is 5.92 Å². The summed E-state index contributed by atoms with van der Waals surface area (Å²) in [6, 6.07) is -9.18. The molecule has 1 saturated heterocycles. The van der Waals surface area contributed by atoms with Gasteiger partial charge in [0.25, 0.3) is 0 Å². The van der Waals surface area contributed by atoms with E-state index in [1.165, 1.54) is 53.4 Å². The third-order valence-corrected chi connectivity index (χ3v) is 8.45. The Hall–Kier alpha value is -5.34. The van der Waals surface area contributed by atoms with Gasteiger partial charge in [0.15, 0.2) is 0 Å². The van der Waals surface area contributed by atoms with Gasteiger partial charge in [-0.15, -0.1) is 0 Å². The van der Waals surface area contributed by atoms with Crippen molar-refractivity contribution in [1.29, 1.82) is 0 Å². The smallest absolute Gasteiger partial charge is 0.245 e. The summed E-state index contributed by atoms with van der Waals surface area (Å²) in [4.78, 5) is 126. The number of carbonyl (C=O) groups is 10. The summed E-state index contributed by atoms with van der Waals surface area (Å²) < 4.78 is 0. The number of nitrogens with zero attached hydrogens (tertiary/aromatic N) is 1. The Balaban J connectivity index is 2.56. The molecule has 0 aromatic carbocycles.